The summed E-state index contributed by atoms with van der Waals surface area (Å²) in [6, 6.07) is 2.99. The highest BCUT2D eigenvalue weighted by molar-refractivity contribution is 5.97. The predicted octanol–water partition coefficient (Wildman–Crippen LogP) is 1.31. The zero-order valence-corrected chi connectivity index (χ0v) is 12.7. The number of nitrogens with zero attached hydrogens (tertiary/aromatic N) is 4. The Balaban J connectivity index is 1.85. The third-order valence-corrected chi connectivity index (χ3v) is 3.89. The molecule has 1 fully saturated rings. The molecule has 3 rings (SSSR count). The van der Waals surface area contributed by atoms with Crippen molar-refractivity contribution in [3.05, 3.63) is 24.5 Å². The first-order valence-corrected chi connectivity index (χ1v) is 7.47. The second kappa shape index (κ2) is 5.75. The smallest absolute Gasteiger partial charge is 0.248 e. The van der Waals surface area contributed by atoms with Crippen LogP contribution in [0.3, 0.4) is 0 Å². The Bertz CT molecular complexity index is 709. The molecule has 0 saturated carbocycles. The average molecular weight is 301 g/mol. The predicted molar refractivity (Wildman–Crippen MR) is 81.2 cm³/mol. The van der Waals surface area contributed by atoms with Crippen molar-refractivity contribution in [1.29, 1.82) is 0 Å². The third kappa shape index (κ3) is 2.54. The van der Waals surface area contributed by atoms with Gasteiger partial charge in [-0.2, -0.15) is 9.61 Å². The van der Waals surface area contributed by atoms with Crippen molar-refractivity contribution in [2.75, 3.05) is 11.9 Å². The number of carbonyl (C=O) groups excluding carboxylic acids is 2. The van der Waals surface area contributed by atoms with E-state index in [9.17, 15) is 9.59 Å². The second-order valence-electron chi connectivity index (χ2n) is 5.80. The second-order valence-corrected chi connectivity index (χ2v) is 5.80. The van der Waals surface area contributed by atoms with Gasteiger partial charge in [-0.05, 0) is 18.4 Å². The number of carbonyl (C=O) groups is 2. The lowest BCUT2D eigenvalue weighted by molar-refractivity contribution is -0.136. The fourth-order valence-electron chi connectivity index (χ4n) is 2.90. The van der Waals surface area contributed by atoms with Crippen molar-refractivity contribution in [3.8, 4) is 0 Å². The maximum atomic E-state index is 12.7. The average Bonchev–Trinajstić information content (AvgIpc) is 3.09. The van der Waals surface area contributed by atoms with Crippen LogP contribution in [0.2, 0.25) is 0 Å². The van der Waals surface area contributed by atoms with Crippen LogP contribution >= 0.6 is 0 Å². The molecule has 1 N–H and O–H groups in total. The van der Waals surface area contributed by atoms with Crippen LogP contribution in [-0.4, -0.2) is 43.9 Å². The molecule has 22 heavy (non-hydrogen) atoms. The van der Waals surface area contributed by atoms with Gasteiger partial charge in [-0.15, -0.1) is 0 Å². The van der Waals surface area contributed by atoms with Gasteiger partial charge in [-0.3, -0.25) is 9.59 Å². The van der Waals surface area contributed by atoms with Crippen molar-refractivity contribution < 1.29 is 9.59 Å². The quantitative estimate of drug-likeness (QED) is 0.923. The Kier molecular flexibility index (Phi) is 3.79. The number of amides is 2. The van der Waals surface area contributed by atoms with Gasteiger partial charge in [0.15, 0.2) is 5.65 Å². The zero-order valence-electron chi connectivity index (χ0n) is 12.7. The van der Waals surface area contributed by atoms with E-state index in [1.165, 1.54) is 0 Å². The number of fused-ring (bicyclic) bond motifs is 1. The molecular formula is C15H19N5O2. The summed E-state index contributed by atoms with van der Waals surface area (Å²) in [6.45, 7) is 4.54. The van der Waals surface area contributed by atoms with Crippen LogP contribution in [0.25, 0.3) is 5.65 Å². The van der Waals surface area contributed by atoms with E-state index in [1.807, 2.05) is 13.8 Å². The molecule has 0 aliphatic carbocycles. The SMILES string of the molecule is CC(C)[C@@H](C(=O)Nc1ccnc2ccnn12)N1CCCC1=O. The van der Waals surface area contributed by atoms with Gasteiger partial charge >= 0.3 is 0 Å². The van der Waals surface area contributed by atoms with Gasteiger partial charge < -0.3 is 10.2 Å². The Morgan fingerprint density at radius 2 is 2.14 bits per heavy atom. The van der Waals surface area contributed by atoms with E-state index in [0.717, 1.165) is 6.42 Å². The van der Waals surface area contributed by atoms with Crippen LogP contribution in [0.15, 0.2) is 24.5 Å². The topological polar surface area (TPSA) is 79.6 Å². The summed E-state index contributed by atoms with van der Waals surface area (Å²) in [5.74, 6) is 0.454. The van der Waals surface area contributed by atoms with Crippen molar-refractivity contribution in [1.82, 2.24) is 19.5 Å². The van der Waals surface area contributed by atoms with Gasteiger partial charge in [0.25, 0.3) is 0 Å². The van der Waals surface area contributed by atoms with Gasteiger partial charge in [0.05, 0.1) is 6.20 Å². The Labute approximate surface area is 128 Å². The zero-order chi connectivity index (χ0) is 15.7. The molecule has 1 aliphatic heterocycles. The molecule has 0 radical (unpaired) electrons. The van der Waals surface area contributed by atoms with Crippen LogP contribution < -0.4 is 5.32 Å². The largest absolute Gasteiger partial charge is 0.330 e. The molecule has 1 saturated heterocycles. The number of anilines is 1. The molecule has 116 valence electrons. The molecule has 0 bridgehead atoms. The summed E-state index contributed by atoms with van der Waals surface area (Å²) >= 11 is 0. The molecular weight excluding hydrogens is 282 g/mol. The highest BCUT2D eigenvalue weighted by Gasteiger charge is 2.35. The van der Waals surface area contributed by atoms with Crippen LogP contribution in [0.5, 0.6) is 0 Å². The standard InChI is InChI=1S/C15H19N5O2/c1-10(2)14(19-9-3-4-13(19)21)15(22)18-12-5-7-16-11-6-8-17-20(11)12/h5-8,10,14H,3-4,9H2,1-2H3,(H,18,22)/t14-/m0/s1. The summed E-state index contributed by atoms with van der Waals surface area (Å²) < 4.78 is 1.57. The Morgan fingerprint density at radius 1 is 1.32 bits per heavy atom. The first kappa shape index (κ1) is 14.5. The number of nitrogens with one attached hydrogen (secondary N) is 1. The molecule has 1 atom stereocenters. The molecule has 0 unspecified atom stereocenters. The molecule has 7 nitrogen and oxygen atoms in total. The van der Waals surface area contributed by atoms with E-state index >= 15 is 0 Å². The molecule has 7 heteroatoms. The highest BCUT2D eigenvalue weighted by atomic mass is 16.2. The van der Waals surface area contributed by atoms with Crippen LogP contribution in [0.4, 0.5) is 5.82 Å². The number of aromatic nitrogens is 3. The highest BCUT2D eigenvalue weighted by Crippen LogP contribution is 2.20. The monoisotopic (exact) mass is 301 g/mol. The van der Waals surface area contributed by atoms with E-state index in [0.29, 0.717) is 24.4 Å². The summed E-state index contributed by atoms with van der Waals surface area (Å²) in [5.41, 5.74) is 0.663. The van der Waals surface area contributed by atoms with E-state index < -0.39 is 6.04 Å². The first-order chi connectivity index (χ1) is 10.6. The minimum absolute atomic E-state index is 0.0389. The van der Waals surface area contributed by atoms with Gasteiger partial charge in [0.1, 0.15) is 11.9 Å². The van der Waals surface area contributed by atoms with Gasteiger partial charge in [-0.25, -0.2) is 4.98 Å². The van der Waals surface area contributed by atoms with E-state index in [2.05, 4.69) is 15.4 Å². The first-order valence-electron chi connectivity index (χ1n) is 7.47. The van der Waals surface area contributed by atoms with Crippen LogP contribution in [0, 0.1) is 5.92 Å². The molecule has 1 aliphatic rings. The van der Waals surface area contributed by atoms with Crippen LogP contribution in [0.1, 0.15) is 26.7 Å². The van der Waals surface area contributed by atoms with Crippen molar-refractivity contribution in [2.45, 2.75) is 32.7 Å². The van der Waals surface area contributed by atoms with E-state index in [1.54, 1.807) is 33.9 Å². The molecule has 3 heterocycles. The van der Waals surface area contributed by atoms with Crippen molar-refractivity contribution in [3.63, 3.8) is 0 Å². The van der Waals surface area contributed by atoms with E-state index in [-0.39, 0.29) is 17.7 Å². The maximum absolute atomic E-state index is 12.7. The van der Waals surface area contributed by atoms with Gasteiger partial charge in [0.2, 0.25) is 11.8 Å². The Hall–Kier alpha value is -2.44. The number of hydrogen-bond acceptors (Lipinski definition) is 4. The molecule has 0 aromatic carbocycles. The van der Waals surface area contributed by atoms with Crippen molar-refractivity contribution in [2.24, 2.45) is 5.92 Å². The van der Waals surface area contributed by atoms with Gasteiger partial charge in [0, 0.05) is 25.2 Å². The van der Waals surface area contributed by atoms with Gasteiger partial charge in [-0.1, -0.05) is 13.8 Å². The normalized spacial score (nSPS) is 16.5. The lowest BCUT2D eigenvalue weighted by atomic mass is 10.0. The summed E-state index contributed by atoms with van der Waals surface area (Å²) in [7, 11) is 0. The number of rotatable bonds is 4. The van der Waals surface area contributed by atoms with E-state index in [4.69, 9.17) is 0 Å². The lowest BCUT2D eigenvalue weighted by Gasteiger charge is -2.29. The number of hydrogen-bond donors (Lipinski definition) is 1. The molecule has 2 aromatic heterocycles. The lowest BCUT2D eigenvalue weighted by Crippen LogP contribution is -2.48. The third-order valence-electron chi connectivity index (χ3n) is 3.89. The fraction of sp³-hybridized carbons (Fsp3) is 0.467. The minimum Gasteiger partial charge on any atom is -0.330 e. The Morgan fingerprint density at radius 3 is 2.82 bits per heavy atom. The summed E-state index contributed by atoms with van der Waals surface area (Å²) in [6.07, 6.45) is 4.59. The molecule has 2 amide bonds. The molecule has 2 aromatic rings. The van der Waals surface area contributed by atoms with Crippen molar-refractivity contribution >= 4 is 23.3 Å². The maximum Gasteiger partial charge on any atom is 0.248 e. The number of likely N-dealkylation sites (tertiary alicyclic amines) is 1. The minimum atomic E-state index is -0.464. The molecule has 0 spiro atoms. The fourth-order valence-corrected chi connectivity index (χ4v) is 2.90. The summed E-state index contributed by atoms with van der Waals surface area (Å²) in [5, 5.41) is 7.02. The van der Waals surface area contributed by atoms with Crippen LogP contribution in [-0.2, 0) is 9.59 Å². The summed E-state index contributed by atoms with van der Waals surface area (Å²) in [4.78, 5) is 30.5.